The van der Waals surface area contributed by atoms with Gasteiger partial charge in [-0.1, -0.05) is 53.8 Å². The van der Waals surface area contributed by atoms with Crippen molar-refractivity contribution in [1.29, 1.82) is 0 Å². The summed E-state index contributed by atoms with van der Waals surface area (Å²) in [7, 11) is -3.95. The SMILES string of the molecule is CCCSc1nnc(NC(=O)[C@H]2CN(S(=O)(=O)c3ccc(Cl)cc3)c3ccccc3O2)s1. The average molecular weight is 511 g/mol. The van der Waals surface area contributed by atoms with Gasteiger partial charge in [-0.15, -0.1) is 10.2 Å². The molecule has 0 spiro atoms. The third kappa shape index (κ3) is 4.85. The number of amides is 1. The second-order valence-electron chi connectivity index (χ2n) is 6.78. The van der Waals surface area contributed by atoms with Crippen molar-refractivity contribution in [3.05, 3.63) is 53.6 Å². The molecule has 4 rings (SSSR count). The maximum atomic E-state index is 13.4. The van der Waals surface area contributed by atoms with Crippen molar-refractivity contribution in [3.8, 4) is 5.75 Å². The van der Waals surface area contributed by atoms with E-state index < -0.39 is 22.0 Å². The van der Waals surface area contributed by atoms with Gasteiger partial charge >= 0.3 is 0 Å². The van der Waals surface area contributed by atoms with Crippen molar-refractivity contribution in [3.63, 3.8) is 0 Å². The Morgan fingerprint density at radius 3 is 2.75 bits per heavy atom. The number of nitrogens with zero attached hydrogens (tertiary/aromatic N) is 3. The fourth-order valence-corrected chi connectivity index (χ4v) is 6.28. The van der Waals surface area contributed by atoms with Gasteiger partial charge in [0.05, 0.1) is 17.1 Å². The summed E-state index contributed by atoms with van der Waals surface area (Å²) in [5, 5.41) is 11.5. The van der Waals surface area contributed by atoms with Gasteiger partial charge in [-0.3, -0.25) is 14.4 Å². The Kier molecular flexibility index (Phi) is 6.89. The number of halogens is 1. The molecule has 0 radical (unpaired) electrons. The molecule has 1 aliphatic rings. The molecule has 0 unspecified atom stereocenters. The first-order valence-corrected chi connectivity index (χ1v) is 13.3. The highest BCUT2D eigenvalue weighted by molar-refractivity contribution is 8.01. The number of anilines is 2. The first-order valence-electron chi connectivity index (χ1n) is 9.69. The lowest BCUT2D eigenvalue weighted by molar-refractivity contribution is -0.122. The maximum absolute atomic E-state index is 13.4. The minimum absolute atomic E-state index is 0.0690. The largest absolute Gasteiger partial charge is 0.476 e. The number of para-hydroxylation sites is 2. The molecule has 1 N–H and O–H groups in total. The molecule has 0 fully saturated rings. The number of carbonyl (C=O) groups is 1. The number of rotatable bonds is 7. The van der Waals surface area contributed by atoms with Crippen LogP contribution in [0, 0.1) is 0 Å². The number of sulfonamides is 1. The number of benzene rings is 2. The predicted molar refractivity (Wildman–Crippen MR) is 126 cm³/mol. The van der Waals surface area contributed by atoms with Gasteiger partial charge in [-0.2, -0.15) is 0 Å². The van der Waals surface area contributed by atoms with Crippen molar-refractivity contribution in [2.24, 2.45) is 0 Å². The molecular weight excluding hydrogens is 492 g/mol. The third-order valence-corrected chi connectivity index (χ3v) is 8.72. The Morgan fingerprint density at radius 2 is 2.00 bits per heavy atom. The fourth-order valence-electron chi connectivity index (χ4n) is 2.99. The maximum Gasteiger partial charge on any atom is 0.269 e. The first kappa shape index (κ1) is 22.8. The Bertz CT molecular complexity index is 1220. The molecular formula is C20H19ClN4O4S3. The summed E-state index contributed by atoms with van der Waals surface area (Å²) in [4.78, 5) is 13.0. The second kappa shape index (κ2) is 9.65. The van der Waals surface area contributed by atoms with Crippen LogP contribution in [0.1, 0.15) is 13.3 Å². The lowest BCUT2D eigenvalue weighted by Gasteiger charge is -2.34. The van der Waals surface area contributed by atoms with E-state index in [0.717, 1.165) is 16.5 Å². The van der Waals surface area contributed by atoms with Crippen molar-refractivity contribution in [2.45, 2.75) is 28.7 Å². The zero-order valence-corrected chi connectivity index (χ0v) is 20.1. The molecule has 12 heteroatoms. The van der Waals surface area contributed by atoms with Gasteiger partial charge < -0.3 is 4.74 Å². The summed E-state index contributed by atoms with van der Waals surface area (Å²) >= 11 is 8.73. The van der Waals surface area contributed by atoms with Crippen LogP contribution in [0.2, 0.25) is 5.02 Å². The number of fused-ring (bicyclic) bond motifs is 1. The van der Waals surface area contributed by atoms with Crippen LogP contribution in [0.5, 0.6) is 5.75 Å². The van der Waals surface area contributed by atoms with Crippen LogP contribution in [0.25, 0.3) is 0 Å². The highest BCUT2D eigenvalue weighted by atomic mass is 35.5. The summed E-state index contributed by atoms with van der Waals surface area (Å²) < 4.78 is 34.5. The van der Waals surface area contributed by atoms with Crippen molar-refractivity contribution in [2.75, 3.05) is 21.9 Å². The summed E-state index contributed by atoms with van der Waals surface area (Å²) in [5.41, 5.74) is 0.362. The van der Waals surface area contributed by atoms with Gasteiger partial charge in [0.2, 0.25) is 5.13 Å². The molecule has 32 heavy (non-hydrogen) atoms. The molecule has 2 heterocycles. The Hall–Kier alpha value is -2.34. The summed E-state index contributed by atoms with van der Waals surface area (Å²) in [6.45, 7) is 1.88. The summed E-state index contributed by atoms with van der Waals surface area (Å²) in [6.07, 6.45) is -0.0678. The standard InChI is InChI=1S/C20H19ClN4O4S3/c1-2-11-30-20-24-23-19(31-20)22-18(26)17-12-25(15-5-3-4-6-16(15)29-17)32(27,28)14-9-7-13(21)8-10-14/h3-10,17H,2,11-12H2,1H3,(H,22,23,26)/t17-/m1/s1. The van der Waals surface area contributed by atoms with Crippen LogP contribution in [0.4, 0.5) is 10.8 Å². The van der Waals surface area contributed by atoms with E-state index in [0.29, 0.717) is 21.6 Å². The molecule has 3 aromatic rings. The number of hydrogen-bond donors (Lipinski definition) is 1. The van der Waals surface area contributed by atoms with Crippen molar-refractivity contribution < 1.29 is 17.9 Å². The van der Waals surface area contributed by atoms with E-state index in [2.05, 4.69) is 22.4 Å². The van der Waals surface area contributed by atoms with Gasteiger partial charge in [0.15, 0.2) is 10.4 Å². The second-order valence-corrected chi connectivity index (χ2v) is 11.4. The van der Waals surface area contributed by atoms with Crippen LogP contribution in [-0.4, -0.2) is 42.9 Å². The zero-order valence-electron chi connectivity index (χ0n) is 16.9. The number of carbonyl (C=O) groups excluding carboxylic acids is 1. The van der Waals surface area contributed by atoms with E-state index in [1.807, 2.05) is 0 Å². The minimum Gasteiger partial charge on any atom is -0.476 e. The molecule has 168 valence electrons. The van der Waals surface area contributed by atoms with E-state index in [4.69, 9.17) is 16.3 Å². The average Bonchev–Trinajstić information content (AvgIpc) is 3.24. The summed E-state index contributed by atoms with van der Waals surface area (Å²) in [5.74, 6) is 0.703. The number of nitrogens with one attached hydrogen (secondary N) is 1. The molecule has 2 aromatic carbocycles. The van der Waals surface area contributed by atoms with Gasteiger partial charge in [0.25, 0.3) is 15.9 Å². The lowest BCUT2D eigenvalue weighted by Crippen LogP contribution is -2.48. The van der Waals surface area contributed by atoms with Gasteiger partial charge in [0.1, 0.15) is 5.75 Å². The van der Waals surface area contributed by atoms with E-state index in [9.17, 15) is 13.2 Å². The molecule has 0 saturated carbocycles. The molecule has 0 aliphatic carbocycles. The molecule has 1 aromatic heterocycles. The fraction of sp³-hybridized carbons (Fsp3) is 0.250. The number of thioether (sulfide) groups is 1. The van der Waals surface area contributed by atoms with Crippen LogP contribution < -0.4 is 14.4 Å². The topological polar surface area (TPSA) is 101 Å². The molecule has 1 amide bonds. The van der Waals surface area contributed by atoms with Gasteiger partial charge in [0, 0.05) is 10.8 Å². The van der Waals surface area contributed by atoms with Gasteiger partial charge in [-0.25, -0.2) is 8.42 Å². The molecule has 0 saturated heterocycles. The number of hydrogen-bond acceptors (Lipinski definition) is 8. The van der Waals surface area contributed by atoms with Crippen LogP contribution >= 0.6 is 34.7 Å². The van der Waals surface area contributed by atoms with Crippen LogP contribution in [0.3, 0.4) is 0 Å². The third-order valence-electron chi connectivity index (χ3n) is 4.50. The highest BCUT2D eigenvalue weighted by Crippen LogP contribution is 2.37. The van der Waals surface area contributed by atoms with E-state index in [1.54, 1.807) is 36.0 Å². The smallest absolute Gasteiger partial charge is 0.269 e. The van der Waals surface area contributed by atoms with Crippen molar-refractivity contribution in [1.82, 2.24) is 10.2 Å². The number of aromatic nitrogens is 2. The van der Waals surface area contributed by atoms with Gasteiger partial charge in [-0.05, 0) is 42.8 Å². The zero-order chi connectivity index (χ0) is 22.7. The lowest BCUT2D eigenvalue weighted by atomic mass is 10.2. The Balaban J connectivity index is 1.58. The molecule has 1 aliphatic heterocycles. The van der Waals surface area contributed by atoms with E-state index in [1.165, 1.54) is 39.9 Å². The quantitative estimate of drug-likeness (QED) is 0.373. The normalized spacial score (nSPS) is 15.7. The number of ether oxygens (including phenoxy) is 1. The predicted octanol–water partition coefficient (Wildman–Crippen LogP) is 4.29. The highest BCUT2D eigenvalue weighted by Gasteiger charge is 2.37. The van der Waals surface area contributed by atoms with Crippen LogP contribution in [0.15, 0.2) is 57.8 Å². The van der Waals surface area contributed by atoms with Crippen LogP contribution in [-0.2, 0) is 14.8 Å². The Morgan fingerprint density at radius 1 is 1.25 bits per heavy atom. The molecule has 8 nitrogen and oxygen atoms in total. The monoisotopic (exact) mass is 510 g/mol. The first-order chi connectivity index (χ1) is 15.4. The molecule has 1 atom stereocenters. The van der Waals surface area contributed by atoms with Crippen molar-refractivity contribution >= 4 is 61.4 Å². The van der Waals surface area contributed by atoms with E-state index in [-0.39, 0.29) is 11.4 Å². The minimum atomic E-state index is -3.95. The summed E-state index contributed by atoms with van der Waals surface area (Å²) in [6, 6.07) is 12.6. The Labute approximate surface area is 199 Å². The van der Waals surface area contributed by atoms with E-state index >= 15 is 0 Å². The molecule has 0 bridgehead atoms.